The maximum Gasteiger partial charge on any atom is 0.251 e. The molecule has 0 bridgehead atoms. The third-order valence-electron chi connectivity index (χ3n) is 5.40. The highest BCUT2D eigenvalue weighted by atomic mass is 32.2. The number of anilines is 1. The molecule has 7 heteroatoms. The summed E-state index contributed by atoms with van der Waals surface area (Å²) < 4.78 is 26.9. The average molecular weight is 398 g/mol. The molecular weight excluding hydrogens is 374 g/mol. The molecule has 0 radical (unpaired) electrons. The number of carbonyl (C=O) groups excluding carboxylic acids is 1. The zero-order valence-corrected chi connectivity index (χ0v) is 16.8. The summed E-state index contributed by atoms with van der Waals surface area (Å²) in [5.41, 5.74) is 5.49. The molecule has 0 atom stereocenters. The van der Waals surface area contributed by atoms with Crippen LogP contribution in [0.15, 0.2) is 42.5 Å². The van der Waals surface area contributed by atoms with Gasteiger partial charge in [0, 0.05) is 35.2 Å². The first-order chi connectivity index (χ1) is 13.4. The standard InChI is InChI=1S/C21H23N3O3S/c1-14-15(2)23-19-8-7-17(13-18(14)19)21(25)22-10-12-28(26,27)24-11-9-16-5-3-4-6-20(16)24/h3-8,13,23H,9-12H2,1-2H3,(H,22,25). The van der Waals surface area contributed by atoms with Gasteiger partial charge >= 0.3 is 0 Å². The molecule has 0 aliphatic carbocycles. The molecule has 2 N–H and O–H groups in total. The minimum Gasteiger partial charge on any atom is -0.358 e. The zero-order chi connectivity index (χ0) is 19.9. The fourth-order valence-electron chi connectivity index (χ4n) is 3.71. The van der Waals surface area contributed by atoms with Gasteiger partial charge in [-0.1, -0.05) is 18.2 Å². The number of hydrogen-bond donors (Lipinski definition) is 2. The fraction of sp³-hybridized carbons (Fsp3) is 0.286. The number of sulfonamides is 1. The Labute approximate surface area is 164 Å². The Hall–Kier alpha value is -2.80. The number of nitrogens with zero attached hydrogens (tertiary/aromatic N) is 1. The lowest BCUT2D eigenvalue weighted by Gasteiger charge is -2.19. The number of benzene rings is 2. The van der Waals surface area contributed by atoms with Crippen LogP contribution in [0.4, 0.5) is 5.69 Å². The van der Waals surface area contributed by atoms with E-state index >= 15 is 0 Å². The SMILES string of the molecule is Cc1[nH]c2ccc(C(=O)NCCS(=O)(=O)N3CCc4ccccc43)cc2c1C. The van der Waals surface area contributed by atoms with Crippen molar-refractivity contribution in [3.05, 3.63) is 64.8 Å². The number of fused-ring (bicyclic) bond motifs is 2. The van der Waals surface area contributed by atoms with E-state index in [1.807, 2.05) is 50.2 Å². The van der Waals surface area contributed by atoms with Crippen molar-refractivity contribution in [2.75, 3.05) is 23.1 Å². The van der Waals surface area contributed by atoms with Gasteiger partial charge in [-0.05, 0) is 55.7 Å². The highest BCUT2D eigenvalue weighted by Crippen LogP contribution is 2.29. The van der Waals surface area contributed by atoms with Crippen molar-refractivity contribution in [3.63, 3.8) is 0 Å². The average Bonchev–Trinajstić information content (AvgIpc) is 3.23. The number of carbonyl (C=O) groups is 1. The molecule has 28 heavy (non-hydrogen) atoms. The number of para-hydroxylation sites is 1. The zero-order valence-electron chi connectivity index (χ0n) is 16.0. The van der Waals surface area contributed by atoms with Gasteiger partial charge in [0.2, 0.25) is 10.0 Å². The van der Waals surface area contributed by atoms with E-state index in [0.29, 0.717) is 12.1 Å². The second-order valence-corrected chi connectivity index (χ2v) is 9.17. The molecular formula is C21H23N3O3S. The van der Waals surface area contributed by atoms with Crippen molar-refractivity contribution in [1.29, 1.82) is 0 Å². The highest BCUT2D eigenvalue weighted by Gasteiger charge is 2.28. The van der Waals surface area contributed by atoms with Gasteiger partial charge in [0.25, 0.3) is 5.91 Å². The van der Waals surface area contributed by atoms with Gasteiger partial charge in [0.1, 0.15) is 0 Å². The molecule has 146 valence electrons. The van der Waals surface area contributed by atoms with Crippen molar-refractivity contribution >= 4 is 32.5 Å². The van der Waals surface area contributed by atoms with Gasteiger partial charge in [0.05, 0.1) is 11.4 Å². The van der Waals surface area contributed by atoms with Crippen molar-refractivity contribution in [3.8, 4) is 0 Å². The summed E-state index contributed by atoms with van der Waals surface area (Å²) in [5, 5.41) is 3.74. The Morgan fingerprint density at radius 1 is 1.18 bits per heavy atom. The molecule has 0 spiro atoms. The van der Waals surface area contributed by atoms with Gasteiger partial charge in [0.15, 0.2) is 0 Å². The highest BCUT2D eigenvalue weighted by molar-refractivity contribution is 7.92. The molecule has 4 rings (SSSR count). The quantitative estimate of drug-likeness (QED) is 0.694. The lowest BCUT2D eigenvalue weighted by Crippen LogP contribution is -2.36. The number of rotatable bonds is 5. The molecule has 0 unspecified atom stereocenters. The molecule has 0 saturated heterocycles. The van der Waals surface area contributed by atoms with E-state index in [1.54, 1.807) is 6.07 Å². The maximum absolute atomic E-state index is 12.7. The predicted molar refractivity (Wildman–Crippen MR) is 111 cm³/mol. The minimum atomic E-state index is -3.48. The van der Waals surface area contributed by atoms with Gasteiger partial charge in [-0.3, -0.25) is 9.10 Å². The summed E-state index contributed by atoms with van der Waals surface area (Å²) >= 11 is 0. The van der Waals surface area contributed by atoms with E-state index in [4.69, 9.17) is 0 Å². The number of aromatic amines is 1. The Kier molecular flexibility index (Phi) is 4.63. The van der Waals surface area contributed by atoms with E-state index in [1.165, 1.54) is 4.31 Å². The van der Waals surface area contributed by atoms with Crippen LogP contribution in [0.2, 0.25) is 0 Å². The van der Waals surface area contributed by atoms with Crippen LogP contribution in [-0.2, 0) is 16.4 Å². The summed E-state index contributed by atoms with van der Waals surface area (Å²) in [4.78, 5) is 15.8. The third kappa shape index (κ3) is 3.26. The fourth-order valence-corrected chi connectivity index (χ4v) is 5.13. The number of aromatic nitrogens is 1. The van der Waals surface area contributed by atoms with E-state index in [-0.39, 0.29) is 18.2 Å². The molecule has 0 saturated carbocycles. The van der Waals surface area contributed by atoms with Gasteiger partial charge < -0.3 is 10.3 Å². The largest absolute Gasteiger partial charge is 0.358 e. The molecule has 1 aliphatic heterocycles. The maximum atomic E-state index is 12.7. The Morgan fingerprint density at radius 2 is 1.96 bits per heavy atom. The van der Waals surface area contributed by atoms with Crippen molar-refractivity contribution in [1.82, 2.24) is 10.3 Å². The summed E-state index contributed by atoms with van der Waals surface area (Å²) in [5.74, 6) is -0.394. The summed E-state index contributed by atoms with van der Waals surface area (Å²) in [7, 11) is -3.48. The van der Waals surface area contributed by atoms with E-state index in [2.05, 4.69) is 10.3 Å². The normalized spacial score (nSPS) is 13.7. The van der Waals surface area contributed by atoms with Crippen LogP contribution in [0.25, 0.3) is 10.9 Å². The van der Waals surface area contributed by atoms with E-state index in [9.17, 15) is 13.2 Å². The molecule has 1 aliphatic rings. The Balaban J connectivity index is 1.42. The van der Waals surface area contributed by atoms with Gasteiger partial charge in [-0.15, -0.1) is 0 Å². The topological polar surface area (TPSA) is 82.3 Å². The number of amides is 1. The monoisotopic (exact) mass is 397 g/mol. The second-order valence-electron chi connectivity index (χ2n) is 7.16. The Morgan fingerprint density at radius 3 is 2.79 bits per heavy atom. The molecule has 2 aromatic carbocycles. The smallest absolute Gasteiger partial charge is 0.251 e. The minimum absolute atomic E-state index is 0.0724. The molecule has 3 aromatic rings. The van der Waals surface area contributed by atoms with Crippen molar-refractivity contribution in [2.45, 2.75) is 20.3 Å². The molecule has 2 heterocycles. The molecule has 1 amide bonds. The third-order valence-corrected chi connectivity index (χ3v) is 7.17. The number of nitrogens with one attached hydrogen (secondary N) is 2. The first-order valence-electron chi connectivity index (χ1n) is 9.32. The van der Waals surface area contributed by atoms with E-state index < -0.39 is 10.0 Å². The lowest BCUT2D eigenvalue weighted by atomic mass is 10.1. The summed E-state index contributed by atoms with van der Waals surface area (Å²) in [6, 6.07) is 13.0. The van der Waals surface area contributed by atoms with Crippen LogP contribution in [0, 0.1) is 13.8 Å². The van der Waals surface area contributed by atoms with Crippen molar-refractivity contribution < 1.29 is 13.2 Å². The van der Waals surface area contributed by atoms with Crippen LogP contribution in [0.5, 0.6) is 0 Å². The van der Waals surface area contributed by atoms with Crippen LogP contribution in [0.1, 0.15) is 27.2 Å². The lowest BCUT2D eigenvalue weighted by molar-refractivity contribution is 0.0956. The number of hydrogen-bond acceptors (Lipinski definition) is 3. The van der Waals surface area contributed by atoms with E-state index in [0.717, 1.165) is 39.8 Å². The summed E-state index contributed by atoms with van der Waals surface area (Å²) in [6.07, 6.45) is 0.719. The van der Waals surface area contributed by atoms with Crippen molar-refractivity contribution in [2.24, 2.45) is 0 Å². The number of aryl methyl sites for hydroxylation is 2. The predicted octanol–water partition coefficient (Wildman–Crippen LogP) is 2.91. The number of H-pyrrole nitrogens is 1. The van der Waals surface area contributed by atoms with Crippen LogP contribution >= 0.6 is 0 Å². The molecule has 6 nitrogen and oxygen atoms in total. The Bertz CT molecular complexity index is 1160. The van der Waals surface area contributed by atoms with Gasteiger partial charge in [-0.25, -0.2) is 8.42 Å². The summed E-state index contributed by atoms with van der Waals surface area (Å²) in [6.45, 7) is 4.54. The molecule has 1 aromatic heterocycles. The second kappa shape index (κ2) is 6.98. The molecule has 0 fully saturated rings. The van der Waals surface area contributed by atoms with Crippen LogP contribution in [0.3, 0.4) is 0 Å². The van der Waals surface area contributed by atoms with Crippen LogP contribution in [-0.4, -0.2) is 38.2 Å². The van der Waals surface area contributed by atoms with Gasteiger partial charge in [-0.2, -0.15) is 0 Å². The van der Waals surface area contributed by atoms with Crippen LogP contribution < -0.4 is 9.62 Å². The first-order valence-corrected chi connectivity index (χ1v) is 10.9. The first kappa shape index (κ1) is 18.6.